The highest BCUT2D eigenvalue weighted by atomic mass is 35.5. The number of nitrogens with zero attached hydrogens (tertiary/aromatic N) is 2. The third-order valence-electron chi connectivity index (χ3n) is 3.88. The summed E-state index contributed by atoms with van der Waals surface area (Å²) in [5.74, 6) is -0.248. The van der Waals surface area contributed by atoms with Crippen LogP contribution in [0.5, 0.6) is 0 Å². The first-order chi connectivity index (χ1) is 12.9. The first-order valence-electron chi connectivity index (χ1n) is 8.33. The van der Waals surface area contributed by atoms with Crippen molar-refractivity contribution in [2.45, 2.75) is 13.8 Å². The monoisotopic (exact) mass is 404 g/mol. The van der Waals surface area contributed by atoms with Crippen LogP contribution in [-0.2, 0) is 4.79 Å². The van der Waals surface area contributed by atoms with E-state index in [1.165, 1.54) is 30.0 Å². The van der Waals surface area contributed by atoms with Crippen LogP contribution < -0.4 is 0 Å². The lowest BCUT2D eigenvalue weighted by atomic mass is 10.1. The summed E-state index contributed by atoms with van der Waals surface area (Å²) in [4.78, 5) is 30.2. The Morgan fingerprint density at radius 3 is 2.78 bits per heavy atom. The molecule has 0 radical (unpaired) electrons. The van der Waals surface area contributed by atoms with Gasteiger partial charge < -0.3 is 9.52 Å². The number of likely N-dealkylation sites (N-methyl/N-ethyl adjacent to an activating group) is 1. The molecule has 2 aromatic rings. The zero-order valence-electron chi connectivity index (χ0n) is 14.7. The Morgan fingerprint density at radius 2 is 2.11 bits per heavy atom. The molecule has 1 aliphatic heterocycles. The summed E-state index contributed by atoms with van der Waals surface area (Å²) in [6, 6.07) is 7.82. The van der Waals surface area contributed by atoms with Crippen molar-refractivity contribution in [1.82, 2.24) is 4.90 Å². The van der Waals surface area contributed by atoms with Crippen molar-refractivity contribution in [3.05, 3.63) is 51.6 Å². The molecule has 1 N–H and O–H groups in total. The van der Waals surface area contributed by atoms with E-state index in [4.69, 9.17) is 21.1 Å². The van der Waals surface area contributed by atoms with E-state index in [1.807, 2.05) is 13.8 Å². The maximum Gasteiger partial charge on any atom is 0.335 e. The number of amidine groups is 1. The Hall–Kier alpha value is -2.51. The number of carbonyl (C=O) groups is 2. The molecule has 2 heterocycles. The third kappa shape index (κ3) is 3.94. The number of thioether (sulfide) groups is 1. The summed E-state index contributed by atoms with van der Waals surface area (Å²) in [7, 11) is 0. The highest BCUT2D eigenvalue weighted by Crippen LogP contribution is 2.35. The highest BCUT2D eigenvalue weighted by Gasteiger charge is 2.32. The van der Waals surface area contributed by atoms with Gasteiger partial charge in [-0.1, -0.05) is 11.6 Å². The molecule has 0 saturated carbocycles. The summed E-state index contributed by atoms with van der Waals surface area (Å²) in [5, 5.41) is 10.2. The van der Waals surface area contributed by atoms with E-state index in [2.05, 4.69) is 4.99 Å². The molecule has 1 aromatic carbocycles. The molecule has 1 saturated heterocycles. The van der Waals surface area contributed by atoms with Crippen molar-refractivity contribution in [3.63, 3.8) is 0 Å². The topological polar surface area (TPSA) is 83.1 Å². The molecular weight excluding hydrogens is 388 g/mol. The normalized spacial score (nSPS) is 17.3. The van der Waals surface area contributed by atoms with Crippen LogP contribution in [0.25, 0.3) is 17.4 Å². The maximum absolute atomic E-state index is 12.5. The molecule has 1 amide bonds. The Balaban J connectivity index is 1.92. The lowest BCUT2D eigenvalue weighted by Gasteiger charge is -2.11. The van der Waals surface area contributed by atoms with Crippen LogP contribution in [0.3, 0.4) is 0 Å². The van der Waals surface area contributed by atoms with Crippen molar-refractivity contribution in [2.75, 3.05) is 13.1 Å². The second-order valence-corrected chi connectivity index (χ2v) is 7.04. The number of aromatic carboxylic acids is 1. The molecule has 8 heteroatoms. The Bertz CT molecular complexity index is 964. The average Bonchev–Trinajstić information content (AvgIpc) is 3.21. The number of carbonyl (C=O) groups excluding carboxylic acids is 1. The van der Waals surface area contributed by atoms with Crippen LogP contribution in [0.1, 0.15) is 30.0 Å². The van der Waals surface area contributed by atoms with Gasteiger partial charge in [0.1, 0.15) is 11.5 Å². The minimum Gasteiger partial charge on any atom is -0.478 e. The van der Waals surface area contributed by atoms with E-state index in [9.17, 15) is 9.59 Å². The fourth-order valence-electron chi connectivity index (χ4n) is 2.59. The molecule has 1 aliphatic rings. The van der Waals surface area contributed by atoms with Gasteiger partial charge in [0.2, 0.25) is 0 Å². The van der Waals surface area contributed by atoms with Crippen molar-refractivity contribution in [2.24, 2.45) is 4.99 Å². The van der Waals surface area contributed by atoms with Gasteiger partial charge in [-0.2, -0.15) is 0 Å². The Morgan fingerprint density at radius 1 is 1.33 bits per heavy atom. The lowest BCUT2D eigenvalue weighted by molar-refractivity contribution is -0.122. The van der Waals surface area contributed by atoms with E-state index in [0.717, 1.165) is 0 Å². The molecule has 140 valence electrons. The van der Waals surface area contributed by atoms with E-state index >= 15 is 0 Å². The van der Waals surface area contributed by atoms with Crippen molar-refractivity contribution < 1.29 is 19.1 Å². The number of benzene rings is 1. The molecule has 0 atom stereocenters. The van der Waals surface area contributed by atoms with Crippen LogP contribution in [0.4, 0.5) is 0 Å². The average molecular weight is 405 g/mol. The van der Waals surface area contributed by atoms with Gasteiger partial charge >= 0.3 is 5.97 Å². The number of carboxylic acid groups (broad SMARTS) is 1. The van der Waals surface area contributed by atoms with E-state index in [0.29, 0.717) is 45.3 Å². The summed E-state index contributed by atoms with van der Waals surface area (Å²) < 4.78 is 5.78. The van der Waals surface area contributed by atoms with Crippen LogP contribution in [0, 0.1) is 0 Å². The van der Waals surface area contributed by atoms with Gasteiger partial charge in [0.15, 0.2) is 5.17 Å². The summed E-state index contributed by atoms with van der Waals surface area (Å²) >= 11 is 7.49. The molecule has 0 aliphatic carbocycles. The molecule has 3 rings (SSSR count). The van der Waals surface area contributed by atoms with Gasteiger partial charge in [-0.25, -0.2) is 4.79 Å². The zero-order chi connectivity index (χ0) is 19.6. The second-order valence-electron chi connectivity index (χ2n) is 5.62. The van der Waals surface area contributed by atoms with E-state index in [1.54, 1.807) is 23.1 Å². The second kappa shape index (κ2) is 8.02. The van der Waals surface area contributed by atoms with Crippen LogP contribution in [-0.4, -0.2) is 40.1 Å². The van der Waals surface area contributed by atoms with Crippen molar-refractivity contribution in [3.8, 4) is 11.3 Å². The standard InChI is InChI=1S/C19H17ClN2O4S/c1-3-21-19-22(4-2)17(23)16(27-19)10-12-6-8-15(26-12)13-9-11(18(24)25)5-7-14(13)20/h5-10H,3-4H2,1-2H3,(H,24,25). The minimum absolute atomic E-state index is 0.112. The molecule has 1 aromatic heterocycles. The van der Waals surface area contributed by atoms with Crippen molar-refractivity contribution >= 4 is 46.5 Å². The van der Waals surface area contributed by atoms with Crippen LogP contribution >= 0.6 is 23.4 Å². The number of rotatable bonds is 5. The van der Waals surface area contributed by atoms with E-state index < -0.39 is 5.97 Å². The van der Waals surface area contributed by atoms with E-state index in [-0.39, 0.29) is 11.5 Å². The van der Waals surface area contributed by atoms with Gasteiger partial charge in [-0.15, -0.1) is 0 Å². The quantitative estimate of drug-likeness (QED) is 0.735. The maximum atomic E-state index is 12.5. The number of furan rings is 1. The predicted molar refractivity (Wildman–Crippen MR) is 107 cm³/mol. The van der Waals surface area contributed by atoms with Gasteiger partial charge in [0.05, 0.1) is 15.5 Å². The SMILES string of the molecule is CCN=C1SC(=Cc2ccc(-c3cc(C(=O)O)ccc3Cl)o2)C(=O)N1CC. The number of amides is 1. The fourth-order valence-corrected chi connectivity index (χ4v) is 3.89. The fraction of sp³-hybridized carbons (Fsp3) is 0.211. The molecule has 6 nitrogen and oxygen atoms in total. The first kappa shape index (κ1) is 19.3. The number of carboxylic acids is 1. The molecule has 27 heavy (non-hydrogen) atoms. The predicted octanol–water partition coefficient (Wildman–Crippen LogP) is 4.61. The first-order valence-corrected chi connectivity index (χ1v) is 9.53. The van der Waals surface area contributed by atoms with Gasteiger partial charge in [-0.05, 0) is 55.9 Å². The number of hydrogen-bond donors (Lipinski definition) is 1. The Kier molecular flexibility index (Phi) is 5.72. The number of halogens is 1. The van der Waals surface area contributed by atoms with Crippen LogP contribution in [0.15, 0.2) is 44.6 Å². The molecule has 0 bridgehead atoms. The summed E-state index contributed by atoms with van der Waals surface area (Å²) in [6.07, 6.45) is 1.66. The summed E-state index contributed by atoms with van der Waals surface area (Å²) in [5.41, 5.74) is 0.598. The highest BCUT2D eigenvalue weighted by molar-refractivity contribution is 8.18. The van der Waals surface area contributed by atoms with Gasteiger partial charge in [-0.3, -0.25) is 14.7 Å². The molecule has 1 fully saturated rings. The Labute approximate surface area is 165 Å². The van der Waals surface area contributed by atoms with Gasteiger partial charge in [0, 0.05) is 24.7 Å². The zero-order valence-corrected chi connectivity index (χ0v) is 16.3. The molecule has 0 spiro atoms. The lowest BCUT2D eigenvalue weighted by Crippen LogP contribution is -2.28. The van der Waals surface area contributed by atoms with Crippen LogP contribution in [0.2, 0.25) is 5.02 Å². The number of aliphatic imine (C=N–C) groups is 1. The third-order valence-corrected chi connectivity index (χ3v) is 5.25. The molecule has 0 unspecified atom stereocenters. The largest absolute Gasteiger partial charge is 0.478 e. The number of hydrogen-bond acceptors (Lipinski definition) is 5. The summed E-state index contributed by atoms with van der Waals surface area (Å²) in [6.45, 7) is 4.96. The molecular formula is C19H17ClN2O4S. The smallest absolute Gasteiger partial charge is 0.335 e. The van der Waals surface area contributed by atoms with Gasteiger partial charge in [0.25, 0.3) is 5.91 Å². The minimum atomic E-state index is -1.04. The van der Waals surface area contributed by atoms with Crippen molar-refractivity contribution in [1.29, 1.82) is 0 Å².